The van der Waals surface area contributed by atoms with E-state index in [9.17, 15) is 0 Å². The van der Waals surface area contributed by atoms with Crippen LogP contribution >= 0.6 is 22.6 Å². The summed E-state index contributed by atoms with van der Waals surface area (Å²) in [5, 5.41) is 6.21. The molecule has 0 aromatic heterocycles. The van der Waals surface area contributed by atoms with Gasteiger partial charge in [-0.25, -0.2) is 0 Å². The molecule has 0 amide bonds. The average molecular weight is 287 g/mol. The number of hydrazone groups is 1. The van der Waals surface area contributed by atoms with Crippen LogP contribution in [0.5, 0.6) is 0 Å². The summed E-state index contributed by atoms with van der Waals surface area (Å²) >= 11 is 2.34. The lowest BCUT2D eigenvalue weighted by Crippen LogP contribution is -2.19. The number of alkyl halides is 1. The number of amidine groups is 1. The number of nitrogens with zero attached hydrogens (tertiary/aromatic N) is 2. The van der Waals surface area contributed by atoms with Gasteiger partial charge in [-0.2, -0.15) is 5.10 Å². The van der Waals surface area contributed by atoms with Crippen LogP contribution in [0, 0.1) is 0 Å². The van der Waals surface area contributed by atoms with E-state index in [2.05, 4.69) is 27.7 Å². The number of hydrogen-bond acceptors (Lipinski definition) is 3. The van der Waals surface area contributed by atoms with Crippen LogP contribution < -0.4 is 10.7 Å². The zero-order valence-corrected chi connectivity index (χ0v) is 9.18. The van der Waals surface area contributed by atoms with Crippen LogP contribution in [0.3, 0.4) is 0 Å². The summed E-state index contributed by atoms with van der Waals surface area (Å²) in [4.78, 5) is 0. The number of nitrogens with two attached hydrogens (primary N) is 1. The highest BCUT2D eigenvalue weighted by molar-refractivity contribution is 14.1. The molecule has 0 fully saturated rings. The van der Waals surface area contributed by atoms with E-state index in [1.165, 1.54) is 0 Å². The average Bonchev–Trinajstić information content (AvgIpc) is 2.47. The summed E-state index contributed by atoms with van der Waals surface area (Å²) in [5.74, 6) is 0.711. The molecular formula is C9H10IN3. The van der Waals surface area contributed by atoms with E-state index < -0.39 is 0 Å². The number of para-hydroxylation sites is 1. The smallest absolute Gasteiger partial charge is 0.123 e. The minimum absolute atomic E-state index is 0.347. The van der Waals surface area contributed by atoms with Crippen LogP contribution in [0.1, 0.15) is 6.42 Å². The summed E-state index contributed by atoms with van der Waals surface area (Å²) in [6.45, 7) is 0. The molecule has 13 heavy (non-hydrogen) atoms. The number of halogens is 1. The van der Waals surface area contributed by atoms with Crippen molar-refractivity contribution in [3.8, 4) is 0 Å². The Kier molecular flexibility index (Phi) is 2.39. The fourth-order valence-electron chi connectivity index (χ4n) is 1.30. The first-order valence-electron chi connectivity index (χ1n) is 4.08. The minimum Gasteiger partial charge on any atom is -0.386 e. The maximum Gasteiger partial charge on any atom is 0.123 e. The predicted octanol–water partition coefficient (Wildman–Crippen LogP) is 1.93. The zero-order valence-electron chi connectivity index (χ0n) is 7.02. The lowest BCUT2D eigenvalue weighted by molar-refractivity contribution is 0.894. The molecule has 0 saturated carbocycles. The van der Waals surface area contributed by atoms with Gasteiger partial charge in [-0.1, -0.05) is 40.8 Å². The van der Waals surface area contributed by atoms with Gasteiger partial charge in [-0.15, -0.1) is 0 Å². The topological polar surface area (TPSA) is 41.6 Å². The van der Waals surface area contributed by atoms with Crippen LogP contribution in [0.15, 0.2) is 35.4 Å². The number of rotatable bonds is 1. The van der Waals surface area contributed by atoms with Gasteiger partial charge >= 0.3 is 0 Å². The van der Waals surface area contributed by atoms with E-state index in [4.69, 9.17) is 5.73 Å². The largest absolute Gasteiger partial charge is 0.386 e. The Morgan fingerprint density at radius 3 is 2.62 bits per heavy atom. The molecule has 1 heterocycles. The van der Waals surface area contributed by atoms with Crippen LogP contribution in [0.4, 0.5) is 5.69 Å². The third kappa shape index (κ3) is 1.77. The number of anilines is 1. The highest BCUT2D eigenvalue weighted by Gasteiger charge is 2.22. The highest BCUT2D eigenvalue weighted by Crippen LogP contribution is 2.26. The van der Waals surface area contributed by atoms with E-state index in [0.29, 0.717) is 9.88 Å². The fourth-order valence-corrected chi connectivity index (χ4v) is 2.20. The van der Waals surface area contributed by atoms with Crippen molar-refractivity contribution >= 4 is 34.1 Å². The quantitative estimate of drug-likeness (QED) is 0.487. The van der Waals surface area contributed by atoms with Gasteiger partial charge in [0.15, 0.2) is 0 Å². The SMILES string of the molecule is NC1=NN(c2ccccc2)C(I)C1. The lowest BCUT2D eigenvalue weighted by atomic mass is 10.3. The normalized spacial score (nSPS) is 21.8. The summed E-state index contributed by atoms with van der Waals surface area (Å²) in [6.07, 6.45) is 0.843. The van der Waals surface area contributed by atoms with Crippen molar-refractivity contribution < 1.29 is 0 Å². The van der Waals surface area contributed by atoms with Gasteiger partial charge < -0.3 is 5.73 Å². The number of benzene rings is 1. The van der Waals surface area contributed by atoms with Crippen molar-refractivity contribution in [1.82, 2.24) is 0 Å². The second kappa shape index (κ2) is 3.53. The maximum atomic E-state index is 5.66. The van der Waals surface area contributed by atoms with Crippen LogP contribution in [0.2, 0.25) is 0 Å². The van der Waals surface area contributed by atoms with E-state index in [-0.39, 0.29) is 0 Å². The first kappa shape index (κ1) is 8.80. The zero-order chi connectivity index (χ0) is 9.26. The van der Waals surface area contributed by atoms with Gasteiger partial charge in [0, 0.05) is 6.42 Å². The van der Waals surface area contributed by atoms with Gasteiger partial charge in [0.25, 0.3) is 0 Å². The molecule has 1 unspecified atom stereocenters. The Balaban J connectivity index is 2.27. The second-order valence-electron chi connectivity index (χ2n) is 2.91. The molecule has 68 valence electrons. The van der Waals surface area contributed by atoms with Gasteiger partial charge in [0.1, 0.15) is 9.88 Å². The number of hydrogen-bond donors (Lipinski definition) is 1. The Morgan fingerprint density at radius 1 is 1.38 bits per heavy atom. The molecule has 4 heteroatoms. The molecular weight excluding hydrogens is 277 g/mol. The van der Waals surface area contributed by atoms with E-state index in [1.54, 1.807) is 0 Å². The Hall–Kier alpha value is -0.780. The van der Waals surface area contributed by atoms with Crippen molar-refractivity contribution in [3.05, 3.63) is 30.3 Å². The summed E-state index contributed by atoms with van der Waals surface area (Å²) in [7, 11) is 0. The summed E-state index contributed by atoms with van der Waals surface area (Å²) in [5.41, 5.74) is 6.76. The molecule has 3 nitrogen and oxygen atoms in total. The third-order valence-electron chi connectivity index (χ3n) is 1.90. The Bertz CT molecular complexity index is 323. The standard InChI is InChI=1S/C9H10IN3/c10-8-6-9(11)12-13(8)7-4-2-1-3-5-7/h1-5,8H,6H2,(H2,11,12). The summed E-state index contributed by atoms with van der Waals surface area (Å²) in [6, 6.07) is 10.1. The second-order valence-corrected chi connectivity index (χ2v) is 4.35. The van der Waals surface area contributed by atoms with Crippen molar-refractivity contribution in [3.63, 3.8) is 0 Å². The van der Waals surface area contributed by atoms with E-state index >= 15 is 0 Å². The van der Waals surface area contributed by atoms with Gasteiger partial charge in [0.2, 0.25) is 0 Å². The molecule has 0 spiro atoms. The lowest BCUT2D eigenvalue weighted by Gasteiger charge is -2.17. The highest BCUT2D eigenvalue weighted by atomic mass is 127. The van der Waals surface area contributed by atoms with Crippen molar-refractivity contribution in [1.29, 1.82) is 0 Å². The van der Waals surface area contributed by atoms with E-state index in [1.807, 2.05) is 35.3 Å². The molecule has 2 rings (SSSR count). The molecule has 0 saturated heterocycles. The van der Waals surface area contributed by atoms with Gasteiger partial charge in [-0.3, -0.25) is 5.01 Å². The molecule has 1 aromatic rings. The molecule has 0 bridgehead atoms. The van der Waals surface area contributed by atoms with Crippen LogP contribution in [-0.2, 0) is 0 Å². The Labute approximate surface area is 90.7 Å². The molecule has 0 aliphatic carbocycles. The van der Waals surface area contributed by atoms with Gasteiger partial charge in [-0.05, 0) is 12.1 Å². The van der Waals surface area contributed by atoms with Crippen LogP contribution in [-0.4, -0.2) is 9.88 Å². The monoisotopic (exact) mass is 287 g/mol. The molecule has 1 aliphatic rings. The molecule has 0 radical (unpaired) electrons. The first-order chi connectivity index (χ1) is 6.27. The predicted molar refractivity (Wildman–Crippen MR) is 63.0 cm³/mol. The molecule has 1 aromatic carbocycles. The first-order valence-corrected chi connectivity index (χ1v) is 5.33. The van der Waals surface area contributed by atoms with Crippen molar-refractivity contribution in [2.75, 3.05) is 5.01 Å². The fraction of sp³-hybridized carbons (Fsp3) is 0.222. The minimum atomic E-state index is 0.347. The Morgan fingerprint density at radius 2 is 2.08 bits per heavy atom. The van der Waals surface area contributed by atoms with Crippen LogP contribution in [0.25, 0.3) is 0 Å². The summed E-state index contributed by atoms with van der Waals surface area (Å²) < 4.78 is 0.347. The van der Waals surface area contributed by atoms with Crippen molar-refractivity contribution in [2.24, 2.45) is 10.8 Å². The molecule has 2 N–H and O–H groups in total. The third-order valence-corrected chi connectivity index (χ3v) is 2.87. The van der Waals surface area contributed by atoms with E-state index in [0.717, 1.165) is 12.1 Å². The van der Waals surface area contributed by atoms with Gasteiger partial charge in [0.05, 0.1) is 5.69 Å². The molecule has 1 aliphatic heterocycles. The van der Waals surface area contributed by atoms with Crippen molar-refractivity contribution in [2.45, 2.75) is 10.5 Å². The maximum absolute atomic E-state index is 5.66. The molecule has 1 atom stereocenters.